The van der Waals surface area contributed by atoms with Gasteiger partial charge in [0.25, 0.3) is 5.91 Å². The maximum absolute atomic E-state index is 12.2. The van der Waals surface area contributed by atoms with Gasteiger partial charge in [-0.05, 0) is 35.4 Å². The summed E-state index contributed by atoms with van der Waals surface area (Å²) in [6, 6.07) is 13.9. The number of anilines is 1. The molecule has 0 aliphatic carbocycles. The zero-order chi connectivity index (χ0) is 17.5. The molecule has 6 nitrogen and oxygen atoms in total. The molecule has 0 fully saturated rings. The fourth-order valence-electron chi connectivity index (χ4n) is 2.11. The Morgan fingerprint density at radius 3 is 2.04 bits per heavy atom. The molecule has 0 aliphatic rings. The monoisotopic (exact) mass is 325 g/mol. The van der Waals surface area contributed by atoms with Crippen LogP contribution in [0.3, 0.4) is 0 Å². The van der Waals surface area contributed by atoms with Crippen LogP contribution in [0.5, 0.6) is 0 Å². The van der Waals surface area contributed by atoms with E-state index in [4.69, 9.17) is 5.73 Å². The molecule has 0 unspecified atom stereocenters. The number of primary amides is 1. The van der Waals surface area contributed by atoms with Gasteiger partial charge in [-0.15, -0.1) is 0 Å². The largest absolute Gasteiger partial charge is 0.369 e. The van der Waals surface area contributed by atoms with Crippen LogP contribution in [0, 0.1) is 0 Å². The molecule has 0 radical (unpaired) electrons. The van der Waals surface area contributed by atoms with Crippen molar-refractivity contribution in [1.82, 2.24) is 5.32 Å². The Morgan fingerprint density at radius 1 is 0.917 bits per heavy atom. The first kappa shape index (κ1) is 17.2. The van der Waals surface area contributed by atoms with Crippen LogP contribution in [0.15, 0.2) is 48.5 Å². The minimum Gasteiger partial charge on any atom is -0.369 e. The van der Waals surface area contributed by atoms with E-state index in [0.29, 0.717) is 17.8 Å². The van der Waals surface area contributed by atoms with Gasteiger partial charge in [0, 0.05) is 24.7 Å². The molecule has 0 saturated carbocycles. The van der Waals surface area contributed by atoms with Crippen molar-refractivity contribution in [2.75, 3.05) is 5.32 Å². The van der Waals surface area contributed by atoms with Crippen molar-refractivity contribution in [2.45, 2.75) is 19.9 Å². The van der Waals surface area contributed by atoms with Gasteiger partial charge >= 0.3 is 0 Å². The van der Waals surface area contributed by atoms with Gasteiger partial charge in [-0.2, -0.15) is 0 Å². The lowest BCUT2D eigenvalue weighted by Gasteiger charge is -2.07. The Hall–Kier alpha value is -3.15. The minimum atomic E-state index is -0.397. The smallest absolute Gasteiger partial charge is 0.255 e. The van der Waals surface area contributed by atoms with Gasteiger partial charge in [0.15, 0.2) is 0 Å². The normalized spacial score (nSPS) is 10.0. The third-order valence-electron chi connectivity index (χ3n) is 3.35. The fraction of sp³-hybridized carbons (Fsp3) is 0.167. The van der Waals surface area contributed by atoms with E-state index < -0.39 is 5.91 Å². The van der Waals surface area contributed by atoms with Crippen LogP contribution in [0.2, 0.25) is 0 Å². The van der Waals surface area contributed by atoms with Crippen molar-refractivity contribution in [2.24, 2.45) is 5.73 Å². The van der Waals surface area contributed by atoms with Gasteiger partial charge in [0.05, 0.1) is 6.42 Å². The quantitative estimate of drug-likeness (QED) is 0.752. The molecule has 2 aromatic rings. The molecule has 24 heavy (non-hydrogen) atoms. The first-order valence-corrected chi connectivity index (χ1v) is 7.46. The average molecular weight is 325 g/mol. The molecule has 2 rings (SSSR count). The number of amides is 3. The van der Waals surface area contributed by atoms with E-state index in [-0.39, 0.29) is 18.2 Å². The summed E-state index contributed by atoms with van der Waals surface area (Å²) in [6.45, 7) is 1.88. The molecule has 3 amide bonds. The second-order valence-electron chi connectivity index (χ2n) is 5.40. The highest BCUT2D eigenvalue weighted by Crippen LogP contribution is 2.12. The summed E-state index contributed by atoms with van der Waals surface area (Å²) in [4.78, 5) is 33.9. The van der Waals surface area contributed by atoms with Gasteiger partial charge < -0.3 is 16.4 Å². The first-order valence-electron chi connectivity index (χ1n) is 7.46. The van der Waals surface area contributed by atoms with Crippen molar-refractivity contribution in [3.05, 3.63) is 65.2 Å². The number of benzene rings is 2. The number of hydrogen-bond acceptors (Lipinski definition) is 3. The maximum Gasteiger partial charge on any atom is 0.255 e. The van der Waals surface area contributed by atoms with Crippen LogP contribution in [0.25, 0.3) is 0 Å². The highest BCUT2D eigenvalue weighted by Gasteiger charge is 2.07. The molecule has 124 valence electrons. The molecule has 2 aromatic carbocycles. The molecule has 0 aliphatic heterocycles. The Morgan fingerprint density at radius 2 is 1.50 bits per heavy atom. The predicted octanol–water partition coefficient (Wildman–Crippen LogP) is 1.60. The highest BCUT2D eigenvalue weighted by molar-refractivity contribution is 6.04. The summed E-state index contributed by atoms with van der Waals surface area (Å²) in [6.07, 6.45) is 0.171. The summed E-state index contributed by atoms with van der Waals surface area (Å²) in [5.41, 5.74) is 8.00. The molecular weight excluding hydrogens is 306 g/mol. The van der Waals surface area contributed by atoms with E-state index in [9.17, 15) is 14.4 Å². The fourth-order valence-corrected chi connectivity index (χ4v) is 2.11. The van der Waals surface area contributed by atoms with Crippen molar-refractivity contribution in [1.29, 1.82) is 0 Å². The molecule has 0 bridgehead atoms. The standard InChI is InChI=1S/C18H19N3O3/c1-12(22)20-11-14-2-6-15(7-3-14)18(24)21-16-8-4-13(5-9-16)10-17(19)23/h2-9H,10-11H2,1H3,(H2,19,23)(H,20,22)(H,21,24). The van der Waals surface area contributed by atoms with E-state index in [1.807, 2.05) is 0 Å². The van der Waals surface area contributed by atoms with Crippen molar-refractivity contribution < 1.29 is 14.4 Å². The van der Waals surface area contributed by atoms with Gasteiger partial charge in [0.1, 0.15) is 0 Å². The minimum absolute atomic E-state index is 0.100. The molecule has 0 saturated heterocycles. The van der Waals surface area contributed by atoms with Crippen LogP contribution >= 0.6 is 0 Å². The lowest BCUT2D eigenvalue weighted by atomic mass is 10.1. The zero-order valence-corrected chi connectivity index (χ0v) is 13.3. The number of carbonyl (C=O) groups is 3. The van der Waals surface area contributed by atoms with Crippen molar-refractivity contribution in [3.63, 3.8) is 0 Å². The lowest BCUT2D eigenvalue weighted by Crippen LogP contribution is -2.19. The number of hydrogen-bond donors (Lipinski definition) is 3. The Balaban J connectivity index is 1.96. The van der Waals surface area contributed by atoms with Crippen LogP contribution < -0.4 is 16.4 Å². The van der Waals surface area contributed by atoms with E-state index in [2.05, 4.69) is 10.6 Å². The first-order chi connectivity index (χ1) is 11.4. The molecular formula is C18H19N3O3. The molecule has 0 heterocycles. The molecule has 6 heteroatoms. The third-order valence-corrected chi connectivity index (χ3v) is 3.35. The van der Waals surface area contributed by atoms with Gasteiger partial charge in [-0.25, -0.2) is 0 Å². The average Bonchev–Trinajstić information content (AvgIpc) is 2.54. The van der Waals surface area contributed by atoms with E-state index in [1.165, 1.54) is 6.92 Å². The molecule has 0 spiro atoms. The van der Waals surface area contributed by atoms with Crippen LogP contribution in [-0.4, -0.2) is 17.7 Å². The topological polar surface area (TPSA) is 101 Å². The summed E-state index contributed by atoms with van der Waals surface area (Å²) in [5, 5.41) is 5.48. The third kappa shape index (κ3) is 5.24. The second kappa shape index (κ2) is 7.92. The Labute approximate surface area is 140 Å². The predicted molar refractivity (Wildman–Crippen MR) is 91.3 cm³/mol. The van der Waals surface area contributed by atoms with Crippen LogP contribution in [-0.2, 0) is 22.6 Å². The summed E-state index contributed by atoms with van der Waals surface area (Å²) in [5.74, 6) is -0.730. The van der Waals surface area contributed by atoms with Crippen LogP contribution in [0.1, 0.15) is 28.4 Å². The highest BCUT2D eigenvalue weighted by atomic mass is 16.2. The maximum atomic E-state index is 12.2. The number of rotatable bonds is 6. The molecule has 0 atom stereocenters. The molecule has 4 N–H and O–H groups in total. The Kier molecular flexibility index (Phi) is 5.68. The summed E-state index contributed by atoms with van der Waals surface area (Å²) >= 11 is 0. The Bertz CT molecular complexity index is 737. The van der Waals surface area contributed by atoms with Gasteiger partial charge in [-0.1, -0.05) is 24.3 Å². The van der Waals surface area contributed by atoms with Gasteiger partial charge in [-0.3, -0.25) is 14.4 Å². The van der Waals surface area contributed by atoms with Crippen molar-refractivity contribution in [3.8, 4) is 0 Å². The van der Waals surface area contributed by atoms with Gasteiger partial charge in [0.2, 0.25) is 11.8 Å². The number of carbonyl (C=O) groups excluding carboxylic acids is 3. The summed E-state index contributed by atoms with van der Waals surface area (Å²) < 4.78 is 0. The lowest BCUT2D eigenvalue weighted by molar-refractivity contribution is -0.119. The summed E-state index contributed by atoms with van der Waals surface area (Å²) in [7, 11) is 0. The SMILES string of the molecule is CC(=O)NCc1ccc(C(=O)Nc2ccc(CC(N)=O)cc2)cc1. The van der Waals surface area contributed by atoms with Crippen molar-refractivity contribution >= 4 is 23.4 Å². The number of nitrogens with two attached hydrogens (primary N) is 1. The zero-order valence-electron chi connectivity index (χ0n) is 13.3. The second-order valence-corrected chi connectivity index (χ2v) is 5.40. The van der Waals surface area contributed by atoms with Crippen LogP contribution in [0.4, 0.5) is 5.69 Å². The van der Waals surface area contributed by atoms with E-state index >= 15 is 0 Å². The number of nitrogens with one attached hydrogen (secondary N) is 2. The van der Waals surface area contributed by atoms with E-state index in [0.717, 1.165) is 11.1 Å². The van der Waals surface area contributed by atoms with E-state index in [1.54, 1.807) is 48.5 Å². The molecule has 0 aromatic heterocycles.